The van der Waals surface area contributed by atoms with Crippen LogP contribution >= 0.6 is 27.3 Å². The highest BCUT2D eigenvalue weighted by atomic mass is 79.9. The van der Waals surface area contributed by atoms with Crippen molar-refractivity contribution in [3.63, 3.8) is 0 Å². The quantitative estimate of drug-likeness (QED) is 0.808. The van der Waals surface area contributed by atoms with E-state index in [2.05, 4.69) is 36.5 Å². The smallest absolute Gasteiger partial charge is 0.326 e. The molecule has 0 unspecified atom stereocenters. The monoisotopic (exact) mass is 397 g/mol. The van der Waals surface area contributed by atoms with E-state index in [0.717, 1.165) is 0 Å². The lowest BCUT2D eigenvalue weighted by atomic mass is 10.2. The summed E-state index contributed by atoms with van der Waals surface area (Å²) in [6.07, 6.45) is 1.49. The Morgan fingerprint density at radius 2 is 1.96 bits per heavy atom. The molecule has 0 fully saturated rings. The zero-order chi connectivity index (χ0) is 16.8. The number of aromatic nitrogens is 2. The number of pyridine rings is 1. The molecule has 0 spiro atoms. The fraction of sp³-hybridized carbons (Fsp3) is 0.286. The van der Waals surface area contributed by atoms with Gasteiger partial charge in [0.1, 0.15) is 11.6 Å². The average Bonchev–Trinajstić information content (AvgIpc) is 2.93. The normalized spacial score (nSPS) is 10.2. The third-order valence-electron chi connectivity index (χ3n) is 3.02. The third-order valence-corrected chi connectivity index (χ3v) is 4.38. The summed E-state index contributed by atoms with van der Waals surface area (Å²) in [7, 11) is 0. The first-order chi connectivity index (χ1) is 11.0. The second-order valence-electron chi connectivity index (χ2n) is 4.47. The van der Waals surface area contributed by atoms with Gasteiger partial charge in [0.15, 0.2) is 3.92 Å². The molecule has 0 atom stereocenters. The van der Waals surface area contributed by atoms with Gasteiger partial charge in [-0.15, -0.1) is 11.3 Å². The van der Waals surface area contributed by atoms with E-state index in [1.54, 1.807) is 22.4 Å². The zero-order valence-corrected chi connectivity index (χ0v) is 15.1. The molecule has 122 valence electrons. The van der Waals surface area contributed by atoms with Crippen LogP contribution in [0.3, 0.4) is 0 Å². The molecular weight excluding hydrogens is 382 g/mol. The molecule has 2 aromatic heterocycles. The SMILES string of the molecule is CCN(CC)C(=O)c1ccnc(NC(=O)Nc2csc(Br)n2)c1. The van der Waals surface area contributed by atoms with Crippen molar-refractivity contribution in [3.8, 4) is 0 Å². The highest BCUT2D eigenvalue weighted by Crippen LogP contribution is 2.19. The Bertz CT molecular complexity index is 702. The second-order valence-corrected chi connectivity index (χ2v) is 6.61. The van der Waals surface area contributed by atoms with Gasteiger partial charge in [0, 0.05) is 30.2 Å². The molecule has 3 amide bonds. The summed E-state index contributed by atoms with van der Waals surface area (Å²) in [6.45, 7) is 5.08. The van der Waals surface area contributed by atoms with Crippen molar-refractivity contribution in [2.24, 2.45) is 0 Å². The van der Waals surface area contributed by atoms with E-state index in [4.69, 9.17) is 0 Å². The minimum absolute atomic E-state index is 0.0933. The number of amides is 3. The van der Waals surface area contributed by atoms with Gasteiger partial charge in [-0.1, -0.05) is 0 Å². The lowest BCUT2D eigenvalue weighted by molar-refractivity contribution is 0.0773. The fourth-order valence-corrected chi connectivity index (χ4v) is 2.84. The van der Waals surface area contributed by atoms with Crippen LogP contribution in [0, 0.1) is 0 Å². The van der Waals surface area contributed by atoms with E-state index >= 15 is 0 Å². The Kier molecular flexibility index (Phi) is 6.05. The van der Waals surface area contributed by atoms with E-state index in [1.165, 1.54) is 17.5 Å². The van der Waals surface area contributed by atoms with Gasteiger partial charge >= 0.3 is 6.03 Å². The Morgan fingerprint density at radius 1 is 1.26 bits per heavy atom. The number of urea groups is 1. The van der Waals surface area contributed by atoms with E-state index < -0.39 is 6.03 Å². The van der Waals surface area contributed by atoms with Crippen molar-refractivity contribution in [1.29, 1.82) is 0 Å². The molecule has 0 aromatic carbocycles. The van der Waals surface area contributed by atoms with Crippen LogP contribution < -0.4 is 10.6 Å². The second kappa shape index (κ2) is 8.02. The van der Waals surface area contributed by atoms with Gasteiger partial charge in [-0.05, 0) is 41.9 Å². The molecule has 2 rings (SSSR count). The molecule has 0 saturated carbocycles. The van der Waals surface area contributed by atoms with Gasteiger partial charge in [0.05, 0.1) is 0 Å². The fourth-order valence-electron chi connectivity index (χ4n) is 1.90. The molecule has 2 N–H and O–H groups in total. The molecule has 2 aromatic rings. The minimum Gasteiger partial charge on any atom is -0.339 e. The van der Waals surface area contributed by atoms with E-state index in [-0.39, 0.29) is 5.91 Å². The number of halogens is 1. The topological polar surface area (TPSA) is 87.2 Å². The highest BCUT2D eigenvalue weighted by molar-refractivity contribution is 9.11. The lowest BCUT2D eigenvalue weighted by Gasteiger charge is -2.18. The molecule has 0 saturated heterocycles. The Hall–Kier alpha value is -2.00. The van der Waals surface area contributed by atoms with Gasteiger partial charge in [-0.25, -0.2) is 14.8 Å². The van der Waals surface area contributed by atoms with Crippen molar-refractivity contribution < 1.29 is 9.59 Å². The van der Waals surface area contributed by atoms with Gasteiger partial charge in [-0.3, -0.25) is 15.4 Å². The predicted octanol–water partition coefficient (Wildman–Crippen LogP) is 3.43. The average molecular weight is 398 g/mol. The van der Waals surface area contributed by atoms with Crippen molar-refractivity contribution in [2.75, 3.05) is 23.7 Å². The van der Waals surface area contributed by atoms with Crippen LogP contribution in [0.5, 0.6) is 0 Å². The number of rotatable bonds is 5. The number of thiazole rings is 1. The number of hydrogen-bond donors (Lipinski definition) is 2. The Morgan fingerprint density at radius 3 is 2.57 bits per heavy atom. The van der Waals surface area contributed by atoms with Crippen LogP contribution in [0.1, 0.15) is 24.2 Å². The lowest BCUT2D eigenvalue weighted by Crippen LogP contribution is -2.30. The first kappa shape index (κ1) is 17.4. The first-order valence-electron chi connectivity index (χ1n) is 6.97. The van der Waals surface area contributed by atoms with Gasteiger partial charge in [0.25, 0.3) is 5.91 Å². The molecule has 0 bridgehead atoms. The minimum atomic E-state index is -0.470. The molecule has 0 aliphatic heterocycles. The van der Waals surface area contributed by atoms with Crippen LogP contribution in [-0.2, 0) is 0 Å². The summed E-state index contributed by atoms with van der Waals surface area (Å²) in [5.41, 5.74) is 0.482. The number of hydrogen-bond acceptors (Lipinski definition) is 5. The molecule has 23 heavy (non-hydrogen) atoms. The summed E-state index contributed by atoms with van der Waals surface area (Å²) in [6, 6.07) is 2.71. The molecular formula is C14H16BrN5O2S. The number of anilines is 2. The number of nitrogens with one attached hydrogen (secondary N) is 2. The summed E-state index contributed by atoms with van der Waals surface area (Å²) >= 11 is 4.59. The zero-order valence-electron chi connectivity index (χ0n) is 12.7. The summed E-state index contributed by atoms with van der Waals surface area (Å²) in [5.74, 6) is 0.647. The molecule has 2 heterocycles. The Balaban J connectivity index is 2.04. The molecule has 0 aliphatic carbocycles. The standard InChI is InChI=1S/C14H16BrN5O2S/c1-3-20(4-2)12(21)9-5-6-16-10(7-9)18-14(22)19-11-8-23-13(15)17-11/h5-8H,3-4H2,1-2H3,(H2,16,18,19,22). The summed E-state index contributed by atoms with van der Waals surface area (Å²) in [4.78, 5) is 34.0. The van der Waals surface area contributed by atoms with Crippen LogP contribution in [0.4, 0.5) is 16.4 Å². The maximum Gasteiger partial charge on any atom is 0.326 e. The number of carbonyl (C=O) groups is 2. The first-order valence-corrected chi connectivity index (χ1v) is 8.65. The molecule has 7 nitrogen and oxygen atoms in total. The Labute approximate surface area is 146 Å². The molecule has 0 aliphatic rings. The highest BCUT2D eigenvalue weighted by Gasteiger charge is 2.14. The predicted molar refractivity (Wildman–Crippen MR) is 93.9 cm³/mol. The molecule has 9 heteroatoms. The van der Waals surface area contributed by atoms with E-state index in [1.807, 2.05) is 13.8 Å². The van der Waals surface area contributed by atoms with Crippen molar-refractivity contribution in [1.82, 2.24) is 14.9 Å². The van der Waals surface area contributed by atoms with Gasteiger partial charge in [-0.2, -0.15) is 0 Å². The van der Waals surface area contributed by atoms with Crippen LogP contribution in [0.15, 0.2) is 27.6 Å². The summed E-state index contributed by atoms with van der Waals surface area (Å²) < 4.78 is 0.678. The van der Waals surface area contributed by atoms with Gasteiger partial charge < -0.3 is 4.90 Å². The largest absolute Gasteiger partial charge is 0.339 e. The summed E-state index contributed by atoms with van der Waals surface area (Å²) in [5, 5.41) is 6.88. The van der Waals surface area contributed by atoms with Crippen molar-refractivity contribution in [2.45, 2.75) is 13.8 Å². The van der Waals surface area contributed by atoms with Gasteiger partial charge in [0.2, 0.25) is 0 Å². The van der Waals surface area contributed by atoms with Crippen molar-refractivity contribution >= 4 is 50.8 Å². The van der Waals surface area contributed by atoms with E-state index in [0.29, 0.717) is 34.2 Å². The van der Waals surface area contributed by atoms with E-state index in [9.17, 15) is 9.59 Å². The third kappa shape index (κ3) is 4.73. The molecule has 0 radical (unpaired) electrons. The number of carbonyl (C=O) groups excluding carboxylic acids is 2. The maximum absolute atomic E-state index is 12.3. The maximum atomic E-state index is 12.3. The number of nitrogens with zero attached hydrogens (tertiary/aromatic N) is 3. The van der Waals surface area contributed by atoms with Crippen LogP contribution in [0.25, 0.3) is 0 Å². The van der Waals surface area contributed by atoms with Crippen LogP contribution in [0.2, 0.25) is 0 Å². The van der Waals surface area contributed by atoms with Crippen LogP contribution in [-0.4, -0.2) is 39.9 Å². The van der Waals surface area contributed by atoms with Crippen molar-refractivity contribution in [3.05, 3.63) is 33.2 Å².